The van der Waals surface area contributed by atoms with Crippen LogP contribution < -0.4 is 5.32 Å². The predicted molar refractivity (Wildman–Crippen MR) is 98.7 cm³/mol. The van der Waals surface area contributed by atoms with Gasteiger partial charge in [0.15, 0.2) is 5.76 Å². The average Bonchev–Trinajstić information content (AvgIpc) is 3.13. The van der Waals surface area contributed by atoms with Crippen LogP contribution in [0.4, 0.5) is 0 Å². The molecule has 0 saturated carbocycles. The van der Waals surface area contributed by atoms with Crippen molar-refractivity contribution in [2.75, 3.05) is 0 Å². The van der Waals surface area contributed by atoms with E-state index in [0.717, 1.165) is 23.4 Å². The van der Waals surface area contributed by atoms with Crippen LogP contribution >= 0.6 is 12.4 Å². The molecule has 1 N–H and O–H groups in total. The number of halogens is 1. The molecular formula is C19H20ClN3O2. The van der Waals surface area contributed by atoms with Gasteiger partial charge in [0.25, 0.3) is 5.91 Å². The topological polar surface area (TPSA) is 68.0 Å². The number of carbonyl (C=O) groups excluding carboxylic acids is 1. The molecule has 0 radical (unpaired) electrons. The fraction of sp³-hybridized carbons (Fsp3) is 0.211. The Morgan fingerprint density at radius 2 is 1.96 bits per heavy atom. The lowest BCUT2D eigenvalue weighted by Gasteiger charge is -2.10. The lowest BCUT2D eigenvalue weighted by molar-refractivity contribution is 0.0934. The van der Waals surface area contributed by atoms with E-state index in [9.17, 15) is 4.79 Å². The van der Waals surface area contributed by atoms with Crippen molar-refractivity contribution in [3.8, 4) is 11.3 Å². The first-order valence-electron chi connectivity index (χ1n) is 7.95. The van der Waals surface area contributed by atoms with Crippen molar-refractivity contribution in [2.24, 2.45) is 0 Å². The molecule has 2 heterocycles. The predicted octanol–water partition coefficient (Wildman–Crippen LogP) is 4.21. The summed E-state index contributed by atoms with van der Waals surface area (Å²) in [6.07, 6.45) is 2.63. The largest absolute Gasteiger partial charge is 0.359 e. The van der Waals surface area contributed by atoms with E-state index in [2.05, 4.69) is 22.4 Å². The van der Waals surface area contributed by atoms with Crippen molar-refractivity contribution in [3.63, 3.8) is 0 Å². The molecule has 1 atom stereocenters. The Hall–Kier alpha value is -2.66. The van der Waals surface area contributed by atoms with E-state index in [0.29, 0.717) is 11.3 Å². The normalized spacial score (nSPS) is 11.4. The molecule has 0 fully saturated rings. The summed E-state index contributed by atoms with van der Waals surface area (Å²) in [7, 11) is 0. The third-order valence-corrected chi connectivity index (χ3v) is 3.81. The maximum atomic E-state index is 12.2. The minimum absolute atomic E-state index is 0. The Kier molecular flexibility index (Phi) is 6.31. The number of nitrogens with one attached hydrogen (secondary N) is 1. The van der Waals surface area contributed by atoms with Crippen molar-refractivity contribution in [1.29, 1.82) is 0 Å². The highest BCUT2D eigenvalue weighted by Crippen LogP contribution is 2.23. The van der Waals surface area contributed by atoms with Crippen molar-refractivity contribution >= 4 is 18.3 Å². The standard InChI is InChI=1S/C19H19N3O2.ClH/c1-3-16-11-15(9-10-20-16)17-12-18(24-22-17)13(2)21-19(23)14-7-5-4-6-8-14;/h4-13H,3H2,1-2H3,(H,21,23);1H/t13-;/m0./s1. The summed E-state index contributed by atoms with van der Waals surface area (Å²) < 4.78 is 5.41. The number of benzene rings is 1. The van der Waals surface area contributed by atoms with Crippen molar-refractivity contribution in [2.45, 2.75) is 26.3 Å². The van der Waals surface area contributed by atoms with Crippen LogP contribution in [-0.2, 0) is 6.42 Å². The van der Waals surface area contributed by atoms with Crippen LogP contribution in [0.3, 0.4) is 0 Å². The molecule has 0 bridgehead atoms. The fourth-order valence-corrected chi connectivity index (χ4v) is 2.40. The molecule has 0 aliphatic carbocycles. The Morgan fingerprint density at radius 1 is 1.20 bits per heavy atom. The first-order chi connectivity index (χ1) is 11.7. The van der Waals surface area contributed by atoms with E-state index in [1.165, 1.54) is 0 Å². The highest BCUT2D eigenvalue weighted by atomic mass is 35.5. The number of hydrogen-bond acceptors (Lipinski definition) is 4. The third kappa shape index (κ3) is 4.45. The molecule has 0 saturated heterocycles. The van der Waals surface area contributed by atoms with Crippen LogP contribution in [-0.4, -0.2) is 16.0 Å². The molecule has 2 aromatic heterocycles. The summed E-state index contributed by atoms with van der Waals surface area (Å²) >= 11 is 0. The van der Waals surface area contributed by atoms with Gasteiger partial charge in [0.2, 0.25) is 0 Å². The van der Waals surface area contributed by atoms with Gasteiger partial charge in [-0.2, -0.15) is 0 Å². The smallest absolute Gasteiger partial charge is 0.251 e. The SMILES string of the molecule is CCc1cc(-c2cc([C@H](C)NC(=O)c3ccccc3)on2)ccn1.Cl. The zero-order valence-corrected chi connectivity index (χ0v) is 14.9. The van der Waals surface area contributed by atoms with Gasteiger partial charge in [-0.25, -0.2) is 0 Å². The Morgan fingerprint density at radius 3 is 2.68 bits per heavy atom. The molecule has 25 heavy (non-hydrogen) atoms. The fourth-order valence-electron chi connectivity index (χ4n) is 2.40. The molecular weight excluding hydrogens is 338 g/mol. The van der Waals surface area contributed by atoms with Crippen LogP contribution in [0.25, 0.3) is 11.3 Å². The van der Waals surface area contributed by atoms with Crippen molar-refractivity contribution in [1.82, 2.24) is 15.5 Å². The van der Waals surface area contributed by atoms with Gasteiger partial charge in [-0.1, -0.05) is 30.3 Å². The summed E-state index contributed by atoms with van der Waals surface area (Å²) in [4.78, 5) is 16.5. The first-order valence-corrected chi connectivity index (χ1v) is 7.95. The zero-order chi connectivity index (χ0) is 16.9. The molecule has 0 spiro atoms. The van der Waals surface area contributed by atoms with Crippen LogP contribution in [0.5, 0.6) is 0 Å². The van der Waals surface area contributed by atoms with E-state index < -0.39 is 0 Å². The molecule has 0 aliphatic rings. The lowest BCUT2D eigenvalue weighted by Crippen LogP contribution is -2.26. The quantitative estimate of drug-likeness (QED) is 0.742. The average molecular weight is 358 g/mol. The second-order valence-electron chi connectivity index (χ2n) is 5.57. The summed E-state index contributed by atoms with van der Waals surface area (Å²) in [5.41, 5.74) is 3.31. The summed E-state index contributed by atoms with van der Waals surface area (Å²) in [5, 5.41) is 7.02. The molecule has 1 amide bonds. The highest BCUT2D eigenvalue weighted by Gasteiger charge is 2.16. The second kappa shape index (κ2) is 8.44. The minimum atomic E-state index is -0.272. The molecule has 130 valence electrons. The number of pyridine rings is 1. The summed E-state index contributed by atoms with van der Waals surface area (Å²) in [6, 6.07) is 14.6. The number of nitrogens with zero attached hydrogens (tertiary/aromatic N) is 2. The van der Waals surface area contributed by atoms with Crippen molar-refractivity contribution in [3.05, 3.63) is 71.7 Å². The van der Waals surface area contributed by atoms with E-state index in [-0.39, 0.29) is 24.4 Å². The maximum absolute atomic E-state index is 12.2. The summed E-state index contributed by atoms with van der Waals surface area (Å²) in [5.74, 6) is 0.474. The van der Waals surface area contributed by atoms with Gasteiger partial charge in [0.05, 0.1) is 6.04 Å². The number of aryl methyl sites for hydroxylation is 1. The van der Waals surface area contributed by atoms with Gasteiger partial charge < -0.3 is 9.84 Å². The maximum Gasteiger partial charge on any atom is 0.251 e. The number of amides is 1. The van der Waals surface area contributed by atoms with Gasteiger partial charge >= 0.3 is 0 Å². The summed E-state index contributed by atoms with van der Waals surface area (Å²) in [6.45, 7) is 3.93. The first kappa shape index (κ1) is 18.7. The molecule has 3 aromatic rings. The minimum Gasteiger partial charge on any atom is -0.359 e. The number of aromatic nitrogens is 2. The molecule has 1 aromatic carbocycles. The number of rotatable bonds is 5. The Bertz CT molecular complexity index is 833. The van der Waals surface area contributed by atoms with Gasteiger partial charge in [-0.05, 0) is 37.6 Å². The van der Waals surface area contributed by atoms with Gasteiger partial charge in [0.1, 0.15) is 5.69 Å². The van der Waals surface area contributed by atoms with E-state index in [4.69, 9.17) is 4.52 Å². The third-order valence-electron chi connectivity index (χ3n) is 3.81. The molecule has 0 unspecified atom stereocenters. The van der Waals surface area contributed by atoms with E-state index >= 15 is 0 Å². The lowest BCUT2D eigenvalue weighted by atomic mass is 10.1. The molecule has 3 rings (SSSR count). The van der Waals surface area contributed by atoms with Crippen LogP contribution in [0, 0.1) is 0 Å². The van der Waals surface area contributed by atoms with Gasteiger partial charge in [-0.3, -0.25) is 9.78 Å². The monoisotopic (exact) mass is 357 g/mol. The van der Waals surface area contributed by atoms with E-state index in [1.54, 1.807) is 18.3 Å². The van der Waals surface area contributed by atoms with Gasteiger partial charge in [0, 0.05) is 29.1 Å². The highest BCUT2D eigenvalue weighted by molar-refractivity contribution is 5.94. The number of carbonyl (C=O) groups is 1. The van der Waals surface area contributed by atoms with Crippen LogP contribution in [0.15, 0.2) is 59.3 Å². The Balaban J connectivity index is 0.00000225. The Labute approximate surface area is 152 Å². The molecule has 6 heteroatoms. The van der Waals surface area contributed by atoms with Crippen LogP contribution in [0.1, 0.15) is 41.7 Å². The molecule has 0 aliphatic heterocycles. The van der Waals surface area contributed by atoms with Gasteiger partial charge in [-0.15, -0.1) is 12.4 Å². The van der Waals surface area contributed by atoms with E-state index in [1.807, 2.05) is 43.3 Å². The zero-order valence-electron chi connectivity index (χ0n) is 14.1. The van der Waals surface area contributed by atoms with Crippen LogP contribution in [0.2, 0.25) is 0 Å². The van der Waals surface area contributed by atoms with Crippen molar-refractivity contribution < 1.29 is 9.32 Å². The molecule has 5 nitrogen and oxygen atoms in total. The second-order valence-corrected chi connectivity index (χ2v) is 5.57. The number of hydrogen-bond donors (Lipinski definition) is 1.